The molecule has 1 N–H and O–H groups in total. The highest BCUT2D eigenvalue weighted by Crippen LogP contribution is 2.44. The van der Waals surface area contributed by atoms with Crippen molar-refractivity contribution < 1.29 is 4.74 Å². The number of methoxy groups -OCH3 is 1. The van der Waals surface area contributed by atoms with E-state index in [1.165, 1.54) is 31.4 Å². The Morgan fingerprint density at radius 2 is 1.67 bits per heavy atom. The van der Waals surface area contributed by atoms with E-state index < -0.39 is 0 Å². The minimum absolute atomic E-state index is 0.713. The molecule has 4 fully saturated rings. The maximum atomic E-state index is 5.54. The number of nitrogens with one attached hydrogen (secondary N) is 1. The number of hydrogen-bond donors (Lipinski definition) is 1. The minimum atomic E-state index is 0.713. The molecule has 96 valence electrons. The molecule has 3 nitrogen and oxygen atoms in total. The van der Waals surface area contributed by atoms with Gasteiger partial charge in [-0.15, -0.1) is 0 Å². The molecule has 1 aromatic rings. The lowest BCUT2D eigenvalue weighted by Gasteiger charge is -2.58. The lowest BCUT2D eigenvalue weighted by atomic mass is 9.74. The van der Waals surface area contributed by atoms with E-state index in [1.807, 2.05) is 0 Å². The molecule has 4 heterocycles. The molecule has 4 aliphatic heterocycles. The van der Waals surface area contributed by atoms with E-state index in [1.54, 1.807) is 7.11 Å². The topological polar surface area (TPSA) is 24.5 Å². The first-order chi connectivity index (χ1) is 8.85. The number of rotatable bonds is 2. The van der Waals surface area contributed by atoms with Crippen molar-refractivity contribution in [3.8, 4) is 5.75 Å². The van der Waals surface area contributed by atoms with Crippen LogP contribution in [0, 0.1) is 0 Å². The lowest BCUT2D eigenvalue weighted by molar-refractivity contribution is 0.134. The quantitative estimate of drug-likeness (QED) is 0.863. The standard InChI is InChI=1S/C15H20N2O/c1-18-15-5-3-2-4-14(15)17-12-6-10-7-13(17)9-11(8-12)16-10/h2-5,10-13,16H,6-9H2,1H3. The lowest BCUT2D eigenvalue weighted by Crippen LogP contribution is -2.67. The van der Waals surface area contributed by atoms with Crippen LogP contribution in [0.15, 0.2) is 24.3 Å². The van der Waals surface area contributed by atoms with Gasteiger partial charge in [-0.25, -0.2) is 0 Å². The number of hydrogen-bond acceptors (Lipinski definition) is 3. The summed E-state index contributed by atoms with van der Waals surface area (Å²) < 4.78 is 5.54. The molecule has 0 unspecified atom stereocenters. The fourth-order valence-corrected chi connectivity index (χ4v) is 4.29. The molecule has 4 saturated heterocycles. The highest BCUT2D eigenvalue weighted by Gasteiger charge is 2.47. The van der Waals surface area contributed by atoms with Crippen LogP contribution in [0.5, 0.6) is 5.75 Å². The Bertz CT molecular complexity index is 432. The molecule has 4 aliphatic rings. The first-order valence-corrected chi connectivity index (χ1v) is 7.02. The maximum Gasteiger partial charge on any atom is 0.142 e. The molecule has 3 heteroatoms. The fraction of sp³-hybridized carbons (Fsp3) is 0.600. The molecule has 0 aliphatic carbocycles. The van der Waals surface area contributed by atoms with Gasteiger partial charge in [0.25, 0.3) is 0 Å². The largest absolute Gasteiger partial charge is 0.495 e. The first kappa shape index (κ1) is 10.7. The summed E-state index contributed by atoms with van der Waals surface area (Å²) in [4.78, 5) is 2.65. The number of ether oxygens (including phenoxy) is 1. The summed E-state index contributed by atoms with van der Waals surface area (Å²) in [6.07, 6.45) is 5.19. The number of anilines is 1. The zero-order valence-electron chi connectivity index (χ0n) is 10.8. The third-order valence-electron chi connectivity index (χ3n) is 4.85. The van der Waals surface area contributed by atoms with E-state index in [4.69, 9.17) is 4.74 Å². The third-order valence-corrected chi connectivity index (χ3v) is 4.85. The molecular formula is C15H20N2O. The van der Waals surface area contributed by atoms with Gasteiger partial charge in [0.1, 0.15) is 5.75 Å². The van der Waals surface area contributed by atoms with Crippen LogP contribution < -0.4 is 15.0 Å². The molecule has 1 aromatic carbocycles. The SMILES string of the molecule is COc1ccccc1N1C2CC3CC1CC(C2)N3. The normalized spacial score (nSPS) is 37.1. The van der Waals surface area contributed by atoms with Gasteiger partial charge in [-0.3, -0.25) is 0 Å². The number of para-hydroxylation sites is 2. The van der Waals surface area contributed by atoms with E-state index >= 15 is 0 Å². The van der Waals surface area contributed by atoms with E-state index in [9.17, 15) is 0 Å². The van der Waals surface area contributed by atoms with Crippen LogP contribution in [0.2, 0.25) is 0 Å². The van der Waals surface area contributed by atoms with E-state index in [0.29, 0.717) is 12.1 Å². The summed E-state index contributed by atoms with van der Waals surface area (Å²) in [5.74, 6) is 1.03. The van der Waals surface area contributed by atoms with Crippen LogP contribution in [0.3, 0.4) is 0 Å². The van der Waals surface area contributed by atoms with Gasteiger partial charge in [-0.2, -0.15) is 0 Å². The number of piperidine rings is 4. The Balaban J connectivity index is 1.72. The van der Waals surface area contributed by atoms with Crippen molar-refractivity contribution in [3.63, 3.8) is 0 Å². The van der Waals surface area contributed by atoms with Gasteiger partial charge in [0, 0.05) is 24.2 Å². The number of nitrogens with zero attached hydrogens (tertiary/aromatic N) is 1. The van der Waals surface area contributed by atoms with E-state index in [-0.39, 0.29) is 0 Å². The van der Waals surface area contributed by atoms with Gasteiger partial charge < -0.3 is 15.0 Å². The summed E-state index contributed by atoms with van der Waals surface area (Å²) >= 11 is 0. The smallest absolute Gasteiger partial charge is 0.142 e. The van der Waals surface area contributed by atoms with Crippen molar-refractivity contribution in [2.45, 2.75) is 49.9 Å². The van der Waals surface area contributed by atoms with Crippen LogP contribution >= 0.6 is 0 Å². The van der Waals surface area contributed by atoms with Crippen molar-refractivity contribution in [2.75, 3.05) is 12.0 Å². The average Bonchev–Trinajstić information content (AvgIpc) is 2.38. The summed E-state index contributed by atoms with van der Waals surface area (Å²) in [6.45, 7) is 0. The zero-order valence-corrected chi connectivity index (χ0v) is 10.8. The molecular weight excluding hydrogens is 224 g/mol. The average molecular weight is 244 g/mol. The molecule has 0 atom stereocenters. The molecule has 0 spiro atoms. The van der Waals surface area contributed by atoms with Crippen LogP contribution in [-0.4, -0.2) is 31.3 Å². The molecule has 0 saturated carbocycles. The summed E-state index contributed by atoms with van der Waals surface area (Å²) in [7, 11) is 1.78. The van der Waals surface area contributed by atoms with Crippen molar-refractivity contribution in [2.24, 2.45) is 0 Å². The van der Waals surface area contributed by atoms with Gasteiger partial charge in [0.05, 0.1) is 12.8 Å². The van der Waals surface area contributed by atoms with Crippen molar-refractivity contribution in [3.05, 3.63) is 24.3 Å². The summed E-state index contributed by atoms with van der Waals surface area (Å²) in [6, 6.07) is 11.4. The zero-order chi connectivity index (χ0) is 12.1. The molecule has 0 amide bonds. The first-order valence-electron chi connectivity index (χ1n) is 7.02. The van der Waals surface area contributed by atoms with Crippen LogP contribution in [0.4, 0.5) is 5.69 Å². The minimum Gasteiger partial charge on any atom is -0.495 e. The van der Waals surface area contributed by atoms with Crippen molar-refractivity contribution in [1.29, 1.82) is 0 Å². The molecule has 0 aromatic heterocycles. The highest BCUT2D eigenvalue weighted by atomic mass is 16.5. The van der Waals surface area contributed by atoms with Crippen LogP contribution in [-0.2, 0) is 0 Å². The van der Waals surface area contributed by atoms with E-state index in [0.717, 1.165) is 17.8 Å². The van der Waals surface area contributed by atoms with Gasteiger partial charge >= 0.3 is 0 Å². The van der Waals surface area contributed by atoms with Crippen molar-refractivity contribution in [1.82, 2.24) is 5.32 Å². The molecule has 18 heavy (non-hydrogen) atoms. The van der Waals surface area contributed by atoms with E-state index in [2.05, 4.69) is 34.5 Å². The second-order valence-electron chi connectivity index (χ2n) is 5.89. The second kappa shape index (κ2) is 3.89. The highest BCUT2D eigenvalue weighted by molar-refractivity contribution is 5.61. The predicted octanol–water partition coefficient (Wildman–Crippen LogP) is 2.17. The second-order valence-corrected chi connectivity index (χ2v) is 5.89. The van der Waals surface area contributed by atoms with Gasteiger partial charge in [-0.05, 0) is 37.8 Å². The predicted molar refractivity (Wildman–Crippen MR) is 72.2 cm³/mol. The van der Waals surface area contributed by atoms with Gasteiger partial charge in [-0.1, -0.05) is 12.1 Å². The van der Waals surface area contributed by atoms with Crippen molar-refractivity contribution >= 4 is 5.69 Å². The Labute approximate surface area is 108 Å². The van der Waals surface area contributed by atoms with Crippen LogP contribution in [0.1, 0.15) is 25.7 Å². The Morgan fingerprint density at radius 3 is 2.28 bits per heavy atom. The molecule has 4 bridgehead atoms. The Morgan fingerprint density at radius 1 is 1.06 bits per heavy atom. The molecule has 5 rings (SSSR count). The molecule has 0 radical (unpaired) electrons. The Kier molecular flexibility index (Phi) is 2.31. The monoisotopic (exact) mass is 244 g/mol. The number of benzene rings is 1. The van der Waals surface area contributed by atoms with Crippen LogP contribution in [0.25, 0.3) is 0 Å². The Hall–Kier alpha value is -1.22. The summed E-state index contributed by atoms with van der Waals surface area (Å²) in [5.41, 5.74) is 1.30. The van der Waals surface area contributed by atoms with Gasteiger partial charge in [0.2, 0.25) is 0 Å². The third kappa shape index (κ3) is 1.46. The fourth-order valence-electron chi connectivity index (χ4n) is 4.29. The maximum absolute atomic E-state index is 5.54. The summed E-state index contributed by atoms with van der Waals surface area (Å²) in [5, 5.41) is 3.76. The van der Waals surface area contributed by atoms with Gasteiger partial charge in [0.15, 0.2) is 0 Å².